The van der Waals surface area contributed by atoms with Crippen molar-refractivity contribution in [3.8, 4) is 0 Å². The maximum Gasteiger partial charge on any atom is 0.255 e. The van der Waals surface area contributed by atoms with Crippen LogP contribution >= 0.6 is 11.6 Å². The summed E-state index contributed by atoms with van der Waals surface area (Å²) >= 11 is 6.09. The van der Waals surface area contributed by atoms with E-state index in [2.05, 4.69) is 5.32 Å². The lowest BCUT2D eigenvalue weighted by Gasteiger charge is -2.19. The Labute approximate surface area is 169 Å². The zero-order valence-electron chi connectivity index (χ0n) is 15.6. The second kappa shape index (κ2) is 9.18. The van der Waals surface area contributed by atoms with Gasteiger partial charge in [-0.25, -0.2) is 8.42 Å². The Balaban J connectivity index is 2.26. The minimum absolute atomic E-state index is 0.0549. The second-order valence-electron chi connectivity index (χ2n) is 6.03. The third-order valence-corrected chi connectivity index (χ3v) is 6.64. The highest BCUT2D eigenvalue weighted by Crippen LogP contribution is 2.26. The molecule has 0 fully saturated rings. The molecule has 9 heteroatoms. The van der Waals surface area contributed by atoms with Crippen LogP contribution in [0.4, 0.5) is 5.69 Å². The molecule has 0 aliphatic heterocycles. The van der Waals surface area contributed by atoms with Crippen LogP contribution in [0.15, 0.2) is 47.4 Å². The number of halogens is 1. The standard InChI is InChI=1S/C19H22ClN3O4S/c1-3-23(4-2)28(26,27)17-12-14(7-10-16(17)20)19(25)22-15-8-5-13(6-9-15)11-18(21)24/h5-10,12H,3-4,11H2,1-2H3,(H2,21,24)(H,22,25). The molecule has 0 bridgehead atoms. The first-order chi connectivity index (χ1) is 13.2. The highest BCUT2D eigenvalue weighted by Gasteiger charge is 2.25. The Kier molecular flexibility index (Phi) is 7.17. The summed E-state index contributed by atoms with van der Waals surface area (Å²) in [6.07, 6.45) is 0.109. The number of hydrogen-bond acceptors (Lipinski definition) is 4. The summed E-state index contributed by atoms with van der Waals surface area (Å²) < 4.78 is 26.8. The monoisotopic (exact) mass is 423 g/mol. The minimum atomic E-state index is -3.80. The fraction of sp³-hybridized carbons (Fsp3) is 0.263. The number of amides is 2. The van der Waals surface area contributed by atoms with Gasteiger partial charge in [-0.05, 0) is 35.9 Å². The summed E-state index contributed by atoms with van der Waals surface area (Å²) in [5.41, 5.74) is 6.54. The Morgan fingerprint density at radius 3 is 2.21 bits per heavy atom. The molecule has 0 radical (unpaired) electrons. The predicted molar refractivity (Wildman–Crippen MR) is 109 cm³/mol. The van der Waals surface area contributed by atoms with Gasteiger partial charge in [0.1, 0.15) is 4.90 Å². The lowest BCUT2D eigenvalue weighted by Crippen LogP contribution is -2.31. The van der Waals surface area contributed by atoms with Gasteiger partial charge in [-0.15, -0.1) is 0 Å². The Morgan fingerprint density at radius 1 is 1.07 bits per heavy atom. The van der Waals surface area contributed by atoms with E-state index in [1.54, 1.807) is 38.1 Å². The van der Waals surface area contributed by atoms with Gasteiger partial charge in [0.25, 0.3) is 5.91 Å². The smallest absolute Gasteiger partial charge is 0.255 e. The molecule has 2 aromatic carbocycles. The van der Waals surface area contributed by atoms with E-state index in [4.69, 9.17) is 17.3 Å². The molecule has 3 N–H and O–H groups in total. The molecule has 0 aliphatic rings. The van der Waals surface area contributed by atoms with E-state index in [-0.39, 0.29) is 21.9 Å². The minimum Gasteiger partial charge on any atom is -0.369 e. The predicted octanol–water partition coefficient (Wildman–Crippen LogP) is 2.65. The summed E-state index contributed by atoms with van der Waals surface area (Å²) in [7, 11) is -3.80. The number of carbonyl (C=O) groups excluding carboxylic acids is 2. The second-order valence-corrected chi connectivity index (χ2v) is 8.34. The number of sulfonamides is 1. The van der Waals surface area contributed by atoms with Crippen molar-refractivity contribution in [3.05, 3.63) is 58.6 Å². The van der Waals surface area contributed by atoms with E-state index < -0.39 is 21.8 Å². The average Bonchev–Trinajstić information content (AvgIpc) is 2.63. The van der Waals surface area contributed by atoms with Crippen LogP contribution in [0.1, 0.15) is 29.8 Å². The lowest BCUT2D eigenvalue weighted by molar-refractivity contribution is -0.117. The maximum atomic E-state index is 12.7. The van der Waals surface area contributed by atoms with Crippen LogP contribution < -0.4 is 11.1 Å². The normalized spacial score (nSPS) is 11.4. The molecule has 2 rings (SSSR count). The average molecular weight is 424 g/mol. The molecule has 0 unspecified atom stereocenters. The largest absolute Gasteiger partial charge is 0.369 e. The summed E-state index contributed by atoms with van der Waals surface area (Å²) in [6.45, 7) is 4.05. The van der Waals surface area contributed by atoms with Gasteiger partial charge in [-0.3, -0.25) is 9.59 Å². The third kappa shape index (κ3) is 5.09. The summed E-state index contributed by atoms with van der Waals surface area (Å²) in [4.78, 5) is 23.4. The van der Waals surface area contributed by atoms with Crippen molar-refractivity contribution in [2.75, 3.05) is 18.4 Å². The van der Waals surface area contributed by atoms with Gasteiger partial charge >= 0.3 is 0 Å². The van der Waals surface area contributed by atoms with Crippen LogP contribution in [0.3, 0.4) is 0 Å². The van der Waals surface area contributed by atoms with E-state index in [1.165, 1.54) is 22.5 Å². The first-order valence-corrected chi connectivity index (χ1v) is 10.5. The van der Waals surface area contributed by atoms with Crippen molar-refractivity contribution >= 4 is 39.1 Å². The van der Waals surface area contributed by atoms with Gasteiger partial charge in [0.15, 0.2) is 0 Å². The van der Waals surface area contributed by atoms with Crippen LogP contribution in [-0.4, -0.2) is 37.6 Å². The highest BCUT2D eigenvalue weighted by molar-refractivity contribution is 7.89. The Hall–Kier alpha value is -2.42. The van der Waals surface area contributed by atoms with Crippen molar-refractivity contribution in [3.63, 3.8) is 0 Å². The Bertz CT molecular complexity index is 971. The van der Waals surface area contributed by atoms with E-state index in [1.807, 2.05) is 0 Å². The first-order valence-electron chi connectivity index (χ1n) is 8.67. The number of hydrogen-bond donors (Lipinski definition) is 2. The number of anilines is 1. The van der Waals surface area contributed by atoms with Crippen LogP contribution in [0.25, 0.3) is 0 Å². The molecular weight excluding hydrogens is 402 g/mol. The third-order valence-electron chi connectivity index (χ3n) is 4.11. The van der Waals surface area contributed by atoms with Crippen molar-refractivity contribution in [1.82, 2.24) is 4.31 Å². The zero-order valence-corrected chi connectivity index (χ0v) is 17.2. The van der Waals surface area contributed by atoms with E-state index in [0.717, 1.165) is 5.56 Å². The van der Waals surface area contributed by atoms with E-state index in [0.29, 0.717) is 18.8 Å². The molecule has 0 saturated carbocycles. The SMILES string of the molecule is CCN(CC)S(=O)(=O)c1cc(C(=O)Nc2ccc(CC(N)=O)cc2)ccc1Cl. The maximum absolute atomic E-state index is 12.7. The van der Waals surface area contributed by atoms with Gasteiger partial charge in [0, 0.05) is 24.3 Å². The number of benzene rings is 2. The van der Waals surface area contributed by atoms with Crippen molar-refractivity contribution in [1.29, 1.82) is 0 Å². The molecule has 28 heavy (non-hydrogen) atoms. The summed E-state index contributed by atoms with van der Waals surface area (Å²) in [6, 6.07) is 10.8. The van der Waals surface area contributed by atoms with Crippen LogP contribution in [0, 0.1) is 0 Å². The Morgan fingerprint density at radius 2 is 1.68 bits per heavy atom. The van der Waals surface area contributed by atoms with Crippen molar-refractivity contribution < 1.29 is 18.0 Å². The van der Waals surface area contributed by atoms with Gasteiger partial charge in [0.2, 0.25) is 15.9 Å². The molecular formula is C19H22ClN3O4S. The number of primary amides is 1. The van der Waals surface area contributed by atoms with Crippen molar-refractivity contribution in [2.24, 2.45) is 5.73 Å². The van der Waals surface area contributed by atoms with Gasteiger partial charge in [-0.1, -0.05) is 37.6 Å². The number of rotatable bonds is 8. The number of nitrogens with zero attached hydrogens (tertiary/aromatic N) is 1. The highest BCUT2D eigenvalue weighted by atomic mass is 35.5. The number of carbonyl (C=O) groups is 2. The van der Waals surface area contributed by atoms with Gasteiger partial charge in [-0.2, -0.15) is 4.31 Å². The molecule has 2 amide bonds. The first kappa shape index (κ1) is 21.9. The van der Waals surface area contributed by atoms with Crippen LogP contribution in [0.2, 0.25) is 5.02 Å². The molecule has 0 spiro atoms. The molecule has 7 nitrogen and oxygen atoms in total. The van der Waals surface area contributed by atoms with Crippen LogP contribution in [-0.2, 0) is 21.2 Å². The molecule has 0 heterocycles. The zero-order chi connectivity index (χ0) is 20.9. The molecule has 0 aromatic heterocycles. The molecule has 0 saturated heterocycles. The molecule has 2 aromatic rings. The topological polar surface area (TPSA) is 110 Å². The molecule has 0 aliphatic carbocycles. The molecule has 150 valence electrons. The van der Waals surface area contributed by atoms with Gasteiger partial charge < -0.3 is 11.1 Å². The van der Waals surface area contributed by atoms with Crippen LogP contribution in [0.5, 0.6) is 0 Å². The summed E-state index contributed by atoms with van der Waals surface area (Å²) in [5.74, 6) is -0.921. The van der Waals surface area contributed by atoms with Gasteiger partial charge in [0.05, 0.1) is 11.4 Å². The summed E-state index contributed by atoms with van der Waals surface area (Å²) in [5, 5.41) is 2.74. The quantitative estimate of drug-likeness (QED) is 0.680. The van der Waals surface area contributed by atoms with Crippen molar-refractivity contribution in [2.45, 2.75) is 25.2 Å². The number of nitrogens with one attached hydrogen (secondary N) is 1. The number of nitrogens with two attached hydrogens (primary N) is 1. The lowest BCUT2D eigenvalue weighted by atomic mass is 10.1. The fourth-order valence-corrected chi connectivity index (χ4v) is 4.61. The molecule has 0 atom stereocenters. The fourth-order valence-electron chi connectivity index (χ4n) is 2.66. The van der Waals surface area contributed by atoms with E-state index >= 15 is 0 Å². The van der Waals surface area contributed by atoms with E-state index in [9.17, 15) is 18.0 Å².